The number of primary amides is 1. The lowest BCUT2D eigenvalue weighted by atomic mass is 9.70. The summed E-state index contributed by atoms with van der Waals surface area (Å²) < 4.78 is 21.0. The molecule has 4 rings (SSSR count). The normalized spacial score (nSPS) is 27.7. The Hall–Kier alpha value is -3.17. The molecule has 2 unspecified atom stereocenters. The lowest BCUT2D eigenvalue weighted by Crippen LogP contribution is -2.50. The number of carboxylic acids is 1. The number of rotatable bonds is 7. The number of hydrogen-bond donors (Lipinski definition) is 3. The van der Waals surface area contributed by atoms with E-state index in [0.29, 0.717) is 12.8 Å². The molecule has 1 aliphatic heterocycles. The van der Waals surface area contributed by atoms with Crippen LogP contribution < -0.4 is 11.1 Å². The second-order valence-corrected chi connectivity index (χ2v) is 13.5. The summed E-state index contributed by atoms with van der Waals surface area (Å²) in [5.74, 6) is -3.84. The molecule has 4 atom stereocenters. The summed E-state index contributed by atoms with van der Waals surface area (Å²) in [6.07, 6.45) is 7.00. The number of benzene rings is 1. The first kappa shape index (κ1) is 31.8. The van der Waals surface area contributed by atoms with Gasteiger partial charge in [0, 0.05) is 24.4 Å². The van der Waals surface area contributed by atoms with Crippen LogP contribution >= 0.6 is 0 Å². The van der Waals surface area contributed by atoms with Gasteiger partial charge in [0.1, 0.15) is 17.5 Å². The number of carbonyl (C=O) groups is 4. The Kier molecular flexibility index (Phi) is 9.83. The number of likely N-dealkylation sites (tertiary alicyclic amines) is 1. The highest BCUT2D eigenvalue weighted by Gasteiger charge is 2.52. The number of nitrogens with one attached hydrogen (secondary N) is 1. The first-order valence-electron chi connectivity index (χ1n) is 15.4. The third-order valence-electron chi connectivity index (χ3n) is 9.56. The summed E-state index contributed by atoms with van der Waals surface area (Å²) in [7, 11) is 0. The molecule has 0 aromatic heterocycles. The second-order valence-electron chi connectivity index (χ2n) is 13.5. The van der Waals surface area contributed by atoms with Gasteiger partial charge in [-0.3, -0.25) is 9.59 Å². The number of carbonyl (C=O) groups excluding carboxylic acids is 3. The highest BCUT2D eigenvalue weighted by Crippen LogP contribution is 2.48. The monoisotopic (exact) mass is 587 g/mol. The number of halogens is 1. The maximum Gasteiger partial charge on any atom is 0.407 e. The Bertz CT molecular complexity index is 1170. The zero-order valence-corrected chi connectivity index (χ0v) is 25.2. The van der Waals surface area contributed by atoms with Crippen molar-refractivity contribution in [2.75, 3.05) is 6.54 Å². The van der Waals surface area contributed by atoms with Gasteiger partial charge < -0.3 is 25.8 Å². The molecule has 0 spiro atoms. The van der Waals surface area contributed by atoms with Crippen molar-refractivity contribution < 1.29 is 33.4 Å². The molecule has 3 amide bonds. The van der Waals surface area contributed by atoms with Crippen LogP contribution in [0.1, 0.15) is 107 Å². The van der Waals surface area contributed by atoms with Crippen LogP contribution in [-0.2, 0) is 14.3 Å². The molecule has 1 saturated heterocycles. The van der Waals surface area contributed by atoms with Crippen LogP contribution in [0.3, 0.4) is 0 Å². The summed E-state index contributed by atoms with van der Waals surface area (Å²) in [4.78, 5) is 52.6. The number of aromatic carboxylic acids is 1. The van der Waals surface area contributed by atoms with Gasteiger partial charge in [-0.2, -0.15) is 0 Å². The van der Waals surface area contributed by atoms with Crippen molar-refractivity contribution in [2.24, 2.45) is 29.4 Å². The smallest absolute Gasteiger partial charge is 0.407 e. The molecule has 1 aromatic rings. The van der Waals surface area contributed by atoms with Gasteiger partial charge in [0.15, 0.2) is 0 Å². The Morgan fingerprint density at radius 2 is 1.69 bits per heavy atom. The number of hydrogen-bond acceptors (Lipinski definition) is 5. The van der Waals surface area contributed by atoms with Crippen molar-refractivity contribution in [3.8, 4) is 0 Å². The van der Waals surface area contributed by atoms with Crippen molar-refractivity contribution in [2.45, 2.75) is 109 Å². The zero-order chi connectivity index (χ0) is 30.8. The summed E-state index contributed by atoms with van der Waals surface area (Å²) in [5.41, 5.74) is 5.22. The number of ether oxygens (including phenoxy) is 1. The summed E-state index contributed by atoms with van der Waals surface area (Å²) in [6.45, 7) is 7.51. The number of nitrogens with zero attached hydrogens (tertiary/aromatic N) is 1. The molecule has 10 heteroatoms. The van der Waals surface area contributed by atoms with Crippen molar-refractivity contribution in [1.82, 2.24) is 10.2 Å². The molecular formula is C32H46FN3O6. The van der Waals surface area contributed by atoms with Crippen LogP contribution in [0.15, 0.2) is 18.2 Å². The number of nitrogens with two attached hydrogens (primary N) is 1. The Morgan fingerprint density at radius 1 is 1.05 bits per heavy atom. The minimum absolute atomic E-state index is 0.0856. The van der Waals surface area contributed by atoms with Gasteiger partial charge in [0.25, 0.3) is 0 Å². The van der Waals surface area contributed by atoms with E-state index >= 15 is 4.39 Å². The first-order chi connectivity index (χ1) is 19.8. The molecule has 0 bridgehead atoms. The van der Waals surface area contributed by atoms with Crippen molar-refractivity contribution in [3.63, 3.8) is 0 Å². The standard InChI is InChI=1S/C32H46FN3O6/c1-18(35-31(41)42-32(2,3)4)19-13-15-21(16-14-19)29(38)36-17-24(22-11-8-12-23(26(22)33)30(39)40)25(27(36)28(34)37)20-9-6-5-7-10-20/h8,11-12,18-21,24-25,27H,5-7,9-10,13-17H2,1-4H3,(H2,34,37)(H,35,41)(H,39,40)/t18?,19-,21-,24?,25-,27+/m1/s1. The SMILES string of the molecule is CC(NC(=O)OC(C)(C)C)[C@H]1CC[C@H](C(=O)N2CC(c3cccc(C(=O)O)c3F)[C@@H](C3CCCCC3)[C@H]2C(N)=O)CC1. The summed E-state index contributed by atoms with van der Waals surface area (Å²) in [5, 5.41) is 12.5. The molecule has 3 aliphatic rings. The minimum Gasteiger partial charge on any atom is -0.478 e. The van der Waals surface area contributed by atoms with E-state index in [1.54, 1.807) is 11.0 Å². The van der Waals surface area contributed by atoms with Gasteiger partial charge in [0.2, 0.25) is 11.8 Å². The van der Waals surface area contributed by atoms with Crippen molar-refractivity contribution in [1.29, 1.82) is 0 Å². The van der Waals surface area contributed by atoms with Gasteiger partial charge in [-0.25, -0.2) is 14.0 Å². The third kappa shape index (κ3) is 7.06. The van der Waals surface area contributed by atoms with Gasteiger partial charge in [-0.1, -0.05) is 44.2 Å². The van der Waals surface area contributed by atoms with Crippen LogP contribution in [0.4, 0.5) is 9.18 Å². The second kappa shape index (κ2) is 13.0. The van der Waals surface area contributed by atoms with E-state index in [1.165, 1.54) is 12.1 Å². The quantitative estimate of drug-likeness (QED) is 0.400. The maximum absolute atomic E-state index is 15.6. The van der Waals surface area contributed by atoms with Gasteiger partial charge in [0.05, 0.1) is 5.56 Å². The molecule has 2 saturated carbocycles. The van der Waals surface area contributed by atoms with E-state index in [2.05, 4.69) is 5.32 Å². The van der Waals surface area contributed by atoms with Crippen LogP contribution in [0, 0.1) is 29.5 Å². The topological polar surface area (TPSA) is 139 Å². The Balaban J connectivity index is 1.53. The van der Waals surface area contributed by atoms with E-state index in [4.69, 9.17) is 10.5 Å². The fourth-order valence-electron chi connectivity index (χ4n) is 7.57. The number of alkyl carbamates (subject to hydrolysis) is 1. The zero-order valence-electron chi connectivity index (χ0n) is 25.2. The molecule has 1 aromatic carbocycles. The minimum atomic E-state index is -1.35. The highest BCUT2D eigenvalue weighted by molar-refractivity contribution is 5.90. The predicted octanol–water partition coefficient (Wildman–Crippen LogP) is 5.22. The van der Waals surface area contributed by atoms with Gasteiger partial charge in [-0.05, 0) is 82.8 Å². The molecule has 3 fully saturated rings. The van der Waals surface area contributed by atoms with Crippen molar-refractivity contribution in [3.05, 3.63) is 35.1 Å². The van der Waals surface area contributed by atoms with Crippen LogP contribution in [0.5, 0.6) is 0 Å². The van der Waals surface area contributed by atoms with Crippen LogP contribution in [0.2, 0.25) is 0 Å². The van der Waals surface area contributed by atoms with Crippen LogP contribution in [-0.4, -0.2) is 58.1 Å². The van der Waals surface area contributed by atoms with E-state index in [9.17, 15) is 24.3 Å². The summed E-state index contributed by atoms with van der Waals surface area (Å²) in [6, 6.07) is 3.35. The fraction of sp³-hybridized carbons (Fsp3) is 0.688. The first-order valence-corrected chi connectivity index (χ1v) is 15.4. The van der Waals surface area contributed by atoms with Crippen molar-refractivity contribution >= 4 is 23.9 Å². The Morgan fingerprint density at radius 3 is 2.26 bits per heavy atom. The summed E-state index contributed by atoms with van der Waals surface area (Å²) >= 11 is 0. The van der Waals surface area contributed by atoms with E-state index in [0.717, 1.165) is 44.9 Å². The molecule has 4 N–H and O–H groups in total. The molecule has 9 nitrogen and oxygen atoms in total. The largest absolute Gasteiger partial charge is 0.478 e. The van der Waals surface area contributed by atoms with E-state index in [-0.39, 0.29) is 47.7 Å². The molecule has 232 valence electrons. The Labute approximate surface area is 247 Å². The molecule has 0 radical (unpaired) electrons. The molecule has 1 heterocycles. The average molecular weight is 588 g/mol. The lowest BCUT2D eigenvalue weighted by molar-refractivity contribution is -0.143. The van der Waals surface area contributed by atoms with E-state index < -0.39 is 46.9 Å². The number of carboxylic acid groups (broad SMARTS) is 1. The molecule has 42 heavy (non-hydrogen) atoms. The lowest BCUT2D eigenvalue weighted by Gasteiger charge is -2.37. The molecular weight excluding hydrogens is 541 g/mol. The molecule has 2 aliphatic carbocycles. The van der Waals surface area contributed by atoms with Gasteiger partial charge in [-0.15, -0.1) is 0 Å². The third-order valence-corrected chi connectivity index (χ3v) is 9.56. The number of amides is 3. The fourth-order valence-corrected chi connectivity index (χ4v) is 7.57. The van der Waals surface area contributed by atoms with Gasteiger partial charge >= 0.3 is 12.1 Å². The average Bonchev–Trinajstić information content (AvgIpc) is 3.33. The van der Waals surface area contributed by atoms with Crippen LogP contribution in [0.25, 0.3) is 0 Å². The van der Waals surface area contributed by atoms with E-state index in [1.807, 2.05) is 27.7 Å². The highest BCUT2D eigenvalue weighted by atomic mass is 19.1. The maximum atomic E-state index is 15.6. The predicted molar refractivity (Wildman–Crippen MR) is 155 cm³/mol.